The molecule has 0 N–H and O–H groups in total. The van der Waals surface area contributed by atoms with Crippen molar-refractivity contribution in [3.8, 4) is 0 Å². The molecule has 0 aromatic heterocycles. The monoisotopic (exact) mass is 732 g/mol. The van der Waals surface area contributed by atoms with Gasteiger partial charge in [-0.3, -0.25) is 0 Å². The molecule has 0 aromatic carbocycles. The molecule has 14 aliphatic rings. The van der Waals surface area contributed by atoms with Gasteiger partial charge in [0, 0.05) is 0 Å². The van der Waals surface area contributed by atoms with Crippen molar-refractivity contribution in [1.82, 2.24) is 0 Å². The zero-order valence-corrected chi connectivity index (χ0v) is 30.2. The second kappa shape index (κ2) is 4.09. The van der Waals surface area contributed by atoms with Crippen LogP contribution in [0.2, 0.25) is 42.8 Å². The van der Waals surface area contributed by atoms with E-state index in [4.69, 9.17) is 0 Å². The van der Waals surface area contributed by atoms with Crippen molar-refractivity contribution in [2.45, 2.75) is 208 Å². The molecule has 0 amide bonds. The molecule has 0 bridgehead atoms. The Labute approximate surface area is 251 Å². The van der Waals surface area contributed by atoms with Crippen LogP contribution in [0, 0.1) is 0 Å². The second-order valence-corrected chi connectivity index (χ2v) is 53.4. The maximum atomic E-state index is 3.48. The Bertz CT molecular complexity index is 1540. The molecular weight excluding hydrogens is 677 g/mol. The Hall–Kier alpha value is 2.11. The number of fused-ring (bicyclic) bond motifs is 10. The van der Waals surface area contributed by atoms with E-state index in [1.165, 1.54) is 61.2 Å². The number of alkyl halides is 1. The average molecular weight is 733 g/mol. The molecule has 10 aliphatic heterocycles. The summed E-state index contributed by atoms with van der Waals surface area (Å²) < 4.78 is 3.00. The average Bonchev–Trinajstić information content (AvgIpc) is 3.94. The van der Waals surface area contributed by atoms with Crippen LogP contribution in [0.5, 0.6) is 0 Å². The summed E-state index contributed by atoms with van der Waals surface area (Å²) in [4.78, 5) is 12.1. The first-order valence-electron chi connectivity index (χ1n) is 18.8. The van der Waals surface area contributed by atoms with Gasteiger partial charge in [0.25, 0.3) is 0 Å². The van der Waals surface area contributed by atoms with E-state index in [1.807, 2.05) is 0 Å². The minimum absolute atomic E-state index is 0.194. The zero-order chi connectivity index (χ0) is 26.0. The summed E-state index contributed by atoms with van der Waals surface area (Å²) in [5.41, 5.74) is 4.88. The molecule has 4 saturated carbocycles. The van der Waals surface area contributed by atoms with Gasteiger partial charge in [0.15, 0.2) is 0 Å². The summed E-state index contributed by atoms with van der Waals surface area (Å²) in [5, 5.41) is 0. The number of rotatable bonds is 7. The molecule has 14 fully saturated rings. The minimum atomic E-state index is -3.56. The van der Waals surface area contributed by atoms with Crippen LogP contribution in [0.3, 0.4) is 0 Å². The van der Waals surface area contributed by atoms with Crippen LogP contribution in [0.15, 0.2) is 0 Å². The first-order valence-corrected chi connectivity index (χ1v) is 29.1. The summed E-state index contributed by atoms with van der Waals surface area (Å²) >= 11 is 3.48. The van der Waals surface area contributed by atoms with Crippen molar-refractivity contribution in [1.29, 1.82) is 0 Å². The fourth-order valence-electron chi connectivity index (χ4n) is 25.9. The number of hydrogen-bond acceptors (Lipinski definition) is 0. The fourth-order valence-corrected chi connectivity index (χ4v) is 135. The van der Waals surface area contributed by atoms with E-state index in [1.54, 1.807) is 128 Å². The molecule has 0 aromatic rings. The van der Waals surface area contributed by atoms with Crippen molar-refractivity contribution < 1.29 is 6.51 Å². The second-order valence-electron chi connectivity index (χ2n) is 20.6. The van der Waals surface area contributed by atoms with Crippen LogP contribution < -0.4 is 0 Å². The molecule has 224 valence electrons. The normalized spacial score (nSPS) is 72.5. The van der Waals surface area contributed by atoms with Gasteiger partial charge in [-0.05, 0) is 0 Å². The molecule has 14 rings (SSSR count). The standard InChI is InChI=1S/C31H50IP2.C5H5.Fe/c1-31(32,34(27-19-10-4-11-20-27)28-21-12-5-13-22-28)29-23-14-24-30(29)33(25-15-6-2-7-16-25)26-17-8-3-9-18-26;1-2-4-5-3-1;/h14,23-28H,2-13,15-22H2,1H3;1-5H;. The van der Waals surface area contributed by atoms with Crippen molar-refractivity contribution in [2.24, 2.45) is 0 Å². The maximum absolute atomic E-state index is 3.56. The Morgan fingerprint density at radius 1 is 0.525 bits per heavy atom. The third kappa shape index (κ3) is 0.690. The molecule has 0 nitrogen and oxygen atoms in total. The van der Waals surface area contributed by atoms with Crippen molar-refractivity contribution >= 4 is 38.4 Å². The van der Waals surface area contributed by atoms with E-state index < -0.39 is 6.51 Å². The molecule has 10 heterocycles. The predicted molar refractivity (Wildman–Crippen MR) is 179 cm³/mol. The van der Waals surface area contributed by atoms with E-state index in [0.717, 1.165) is 11.5 Å². The molecule has 6 atom stereocenters. The number of hydrogen-bond donors (Lipinski definition) is 0. The van der Waals surface area contributed by atoms with Crippen LogP contribution >= 0.6 is 38.4 Å². The molecule has 0 radical (unpaired) electrons. The molecule has 40 heavy (non-hydrogen) atoms. The molecule has 5 unspecified atom stereocenters. The summed E-state index contributed by atoms with van der Waals surface area (Å²) in [6, 6.07) is 0. The van der Waals surface area contributed by atoms with Gasteiger partial charge in [0.1, 0.15) is 0 Å². The van der Waals surface area contributed by atoms with Crippen LogP contribution in [0.1, 0.15) is 135 Å². The Morgan fingerprint density at radius 3 is 1.25 bits per heavy atom. The van der Waals surface area contributed by atoms with E-state index >= 15 is 0 Å². The Kier molecular flexibility index (Phi) is 2.40. The van der Waals surface area contributed by atoms with Gasteiger partial charge in [-0.1, -0.05) is 0 Å². The summed E-state index contributed by atoms with van der Waals surface area (Å²) in [6.45, 7) is -0.417. The van der Waals surface area contributed by atoms with Gasteiger partial charge in [-0.15, -0.1) is 0 Å². The topological polar surface area (TPSA) is 0 Å². The van der Waals surface area contributed by atoms with Gasteiger partial charge in [-0.25, -0.2) is 0 Å². The van der Waals surface area contributed by atoms with E-state index in [-0.39, 0.29) is 7.92 Å². The fraction of sp³-hybridized carbons (Fsp3) is 1.00. The van der Waals surface area contributed by atoms with Gasteiger partial charge < -0.3 is 0 Å². The van der Waals surface area contributed by atoms with E-state index in [2.05, 4.69) is 29.5 Å². The van der Waals surface area contributed by atoms with E-state index in [9.17, 15) is 0 Å². The third-order valence-corrected chi connectivity index (χ3v) is 82.5. The van der Waals surface area contributed by atoms with Crippen molar-refractivity contribution in [2.75, 3.05) is 0 Å². The molecule has 10 saturated heterocycles. The SMILES string of the molecule is CC(I)(P(C1CCCCC1)C1CCCCC1)[C@@]12[CH]3[CH]4[CH]5[C]1(P(C1CCCCC1)C1CCCCC1)[Fe]45321678[CH]2[CH]1[CH]6[CH]7[CH]28. The summed E-state index contributed by atoms with van der Waals surface area (Å²) in [5.74, 6) is 0. The van der Waals surface area contributed by atoms with Crippen molar-refractivity contribution in [3.05, 3.63) is 0 Å². The van der Waals surface area contributed by atoms with Crippen LogP contribution in [0.25, 0.3) is 0 Å². The molecule has 4 aliphatic carbocycles. The van der Waals surface area contributed by atoms with E-state index in [0.29, 0.717) is 7.92 Å². The first kappa shape index (κ1) is 23.4. The Morgan fingerprint density at radius 2 is 0.900 bits per heavy atom. The predicted octanol–water partition coefficient (Wildman–Crippen LogP) is 13.1. The zero-order valence-electron chi connectivity index (χ0n) is 25.2. The quantitative estimate of drug-likeness (QED) is 0.106. The molecule has 1 spiro atoms. The summed E-state index contributed by atoms with van der Waals surface area (Å²) in [6.07, 6.45) is 32.7. The van der Waals surface area contributed by atoms with Gasteiger partial charge in [-0.2, -0.15) is 0 Å². The van der Waals surface area contributed by atoms with Crippen LogP contribution in [-0.4, -0.2) is 29.9 Å². The van der Waals surface area contributed by atoms with Gasteiger partial charge in [0.2, 0.25) is 0 Å². The van der Waals surface area contributed by atoms with Crippen LogP contribution in [-0.2, 0) is 6.51 Å². The van der Waals surface area contributed by atoms with Gasteiger partial charge >= 0.3 is 253 Å². The molecular formula is C36H55FeIP2. The third-order valence-electron chi connectivity index (χ3n) is 24.2. The number of halogens is 1. The molecule has 4 heteroatoms. The summed E-state index contributed by atoms with van der Waals surface area (Å²) in [7, 11) is 0.513. The first-order chi connectivity index (χ1) is 19.4. The Balaban J connectivity index is 1.02. The van der Waals surface area contributed by atoms with Gasteiger partial charge in [0.05, 0.1) is 0 Å². The van der Waals surface area contributed by atoms with Crippen molar-refractivity contribution in [3.63, 3.8) is 0 Å². The van der Waals surface area contributed by atoms with Crippen LogP contribution in [0.4, 0.5) is 0 Å².